The fraction of sp³-hybridized carbons (Fsp3) is 0.350. The van der Waals surface area contributed by atoms with Gasteiger partial charge in [0, 0.05) is 24.8 Å². The summed E-state index contributed by atoms with van der Waals surface area (Å²) in [6.07, 6.45) is 3.16. The lowest BCUT2D eigenvalue weighted by Crippen LogP contribution is -2.48. The Bertz CT molecular complexity index is 698. The van der Waals surface area contributed by atoms with Crippen molar-refractivity contribution in [1.29, 1.82) is 0 Å². The summed E-state index contributed by atoms with van der Waals surface area (Å²) in [6, 6.07) is 19.0. The van der Waals surface area contributed by atoms with Crippen molar-refractivity contribution < 1.29 is 4.79 Å². The van der Waals surface area contributed by atoms with Crippen molar-refractivity contribution in [1.82, 2.24) is 5.32 Å². The molecule has 0 radical (unpaired) electrons. The lowest BCUT2D eigenvalue weighted by molar-refractivity contribution is -0.125. The average molecular weight is 306 g/mol. The second kappa shape index (κ2) is 6.07. The van der Waals surface area contributed by atoms with E-state index in [1.54, 1.807) is 0 Å². The summed E-state index contributed by atoms with van der Waals surface area (Å²) in [6.45, 7) is 1.69. The summed E-state index contributed by atoms with van der Waals surface area (Å²) in [5.74, 6) is 0.261. The highest BCUT2D eigenvalue weighted by molar-refractivity contribution is 5.82. The molecule has 1 fully saturated rings. The maximum atomic E-state index is 12.8. The summed E-state index contributed by atoms with van der Waals surface area (Å²) in [5.41, 5.74) is 3.80. The van der Waals surface area contributed by atoms with Crippen molar-refractivity contribution in [3.05, 3.63) is 65.7 Å². The highest BCUT2D eigenvalue weighted by atomic mass is 16.1. The van der Waals surface area contributed by atoms with Crippen molar-refractivity contribution in [2.75, 3.05) is 11.4 Å². The van der Waals surface area contributed by atoms with E-state index in [1.807, 2.05) is 18.2 Å². The number of anilines is 1. The predicted molar refractivity (Wildman–Crippen MR) is 92.3 cm³/mol. The van der Waals surface area contributed by atoms with E-state index in [1.165, 1.54) is 17.7 Å². The van der Waals surface area contributed by atoms with E-state index < -0.39 is 0 Å². The summed E-state index contributed by atoms with van der Waals surface area (Å²) < 4.78 is 0. The molecule has 0 aliphatic carbocycles. The molecule has 1 saturated heterocycles. The summed E-state index contributed by atoms with van der Waals surface area (Å²) in [4.78, 5) is 15.2. The van der Waals surface area contributed by atoms with E-state index >= 15 is 0 Å². The van der Waals surface area contributed by atoms with Gasteiger partial charge in [0.15, 0.2) is 0 Å². The largest absolute Gasteiger partial charge is 0.368 e. The molecule has 2 atom stereocenters. The van der Waals surface area contributed by atoms with Crippen molar-refractivity contribution in [3.63, 3.8) is 0 Å². The SMILES string of the molecule is O=C(NCc1ccccc1)C1Cc2ccccc2N2CCCC12. The van der Waals surface area contributed by atoms with E-state index in [2.05, 4.69) is 46.6 Å². The van der Waals surface area contributed by atoms with Crippen molar-refractivity contribution in [2.24, 2.45) is 5.92 Å². The van der Waals surface area contributed by atoms with Crippen LogP contribution in [0.15, 0.2) is 54.6 Å². The van der Waals surface area contributed by atoms with Crippen LogP contribution in [-0.2, 0) is 17.8 Å². The van der Waals surface area contributed by atoms with Gasteiger partial charge in [-0.25, -0.2) is 0 Å². The van der Waals surface area contributed by atoms with Gasteiger partial charge in [-0.15, -0.1) is 0 Å². The van der Waals surface area contributed by atoms with Gasteiger partial charge in [0.25, 0.3) is 0 Å². The Labute approximate surface area is 137 Å². The van der Waals surface area contributed by atoms with E-state index in [9.17, 15) is 4.79 Å². The van der Waals surface area contributed by atoms with Crippen molar-refractivity contribution >= 4 is 11.6 Å². The smallest absolute Gasteiger partial charge is 0.225 e. The molecule has 2 aromatic rings. The molecule has 2 aliphatic heterocycles. The number of carbonyl (C=O) groups excluding carboxylic acids is 1. The minimum Gasteiger partial charge on any atom is -0.368 e. The van der Waals surface area contributed by atoms with Gasteiger partial charge < -0.3 is 10.2 Å². The number of para-hydroxylation sites is 1. The van der Waals surface area contributed by atoms with Gasteiger partial charge in [0.05, 0.1) is 5.92 Å². The van der Waals surface area contributed by atoms with Crippen LogP contribution in [0, 0.1) is 5.92 Å². The molecule has 2 aliphatic rings. The summed E-state index contributed by atoms with van der Waals surface area (Å²) >= 11 is 0. The summed E-state index contributed by atoms with van der Waals surface area (Å²) in [5, 5.41) is 3.15. The second-order valence-corrected chi connectivity index (χ2v) is 6.55. The minimum absolute atomic E-state index is 0.0658. The van der Waals surface area contributed by atoms with Gasteiger partial charge in [-0.1, -0.05) is 48.5 Å². The molecule has 2 unspecified atom stereocenters. The Morgan fingerprint density at radius 1 is 1.09 bits per heavy atom. The fourth-order valence-corrected chi connectivity index (χ4v) is 4.03. The van der Waals surface area contributed by atoms with Gasteiger partial charge in [-0.2, -0.15) is 0 Å². The van der Waals surface area contributed by atoms with Crippen LogP contribution in [0.2, 0.25) is 0 Å². The van der Waals surface area contributed by atoms with Gasteiger partial charge in [0.1, 0.15) is 0 Å². The molecule has 0 spiro atoms. The van der Waals surface area contributed by atoms with Crippen LogP contribution >= 0.6 is 0 Å². The molecule has 3 nitrogen and oxygen atoms in total. The number of hydrogen-bond donors (Lipinski definition) is 1. The summed E-state index contributed by atoms with van der Waals surface area (Å²) in [7, 11) is 0. The van der Waals surface area contributed by atoms with Crippen LogP contribution in [-0.4, -0.2) is 18.5 Å². The number of nitrogens with one attached hydrogen (secondary N) is 1. The number of fused-ring (bicyclic) bond motifs is 3. The molecule has 4 rings (SSSR count). The molecular formula is C20H22N2O. The molecular weight excluding hydrogens is 284 g/mol. The van der Waals surface area contributed by atoms with Crippen molar-refractivity contribution in [2.45, 2.75) is 31.8 Å². The maximum absolute atomic E-state index is 12.8. The minimum atomic E-state index is 0.0658. The second-order valence-electron chi connectivity index (χ2n) is 6.55. The monoisotopic (exact) mass is 306 g/mol. The van der Waals surface area contributed by atoms with Gasteiger partial charge in [-0.05, 0) is 36.5 Å². The third-order valence-corrected chi connectivity index (χ3v) is 5.15. The zero-order chi connectivity index (χ0) is 15.6. The first kappa shape index (κ1) is 14.3. The molecule has 2 heterocycles. The van der Waals surface area contributed by atoms with E-state index in [0.717, 1.165) is 24.9 Å². The third kappa shape index (κ3) is 2.72. The van der Waals surface area contributed by atoms with Crippen LogP contribution < -0.4 is 10.2 Å². The molecule has 23 heavy (non-hydrogen) atoms. The van der Waals surface area contributed by atoms with Gasteiger partial charge in [-0.3, -0.25) is 4.79 Å². The number of carbonyl (C=O) groups is 1. The number of hydrogen-bond acceptors (Lipinski definition) is 2. The van der Waals surface area contributed by atoms with E-state index in [-0.39, 0.29) is 11.8 Å². The highest BCUT2D eigenvalue weighted by Gasteiger charge is 2.40. The number of amides is 1. The Kier molecular flexibility index (Phi) is 3.78. The maximum Gasteiger partial charge on any atom is 0.225 e. The quantitative estimate of drug-likeness (QED) is 0.945. The lowest BCUT2D eigenvalue weighted by atomic mass is 9.85. The fourth-order valence-electron chi connectivity index (χ4n) is 4.03. The molecule has 118 valence electrons. The molecule has 0 aromatic heterocycles. The van der Waals surface area contributed by atoms with Crippen LogP contribution in [0.1, 0.15) is 24.0 Å². The van der Waals surface area contributed by atoms with Gasteiger partial charge >= 0.3 is 0 Å². The van der Waals surface area contributed by atoms with Crippen LogP contribution in [0.5, 0.6) is 0 Å². The first-order chi connectivity index (χ1) is 11.3. The molecule has 1 N–H and O–H groups in total. The number of nitrogens with zero attached hydrogens (tertiary/aromatic N) is 1. The van der Waals surface area contributed by atoms with E-state index in [4.69, 9.17) is 0 Å². The topological polar surface area (TPSA) is 32.3 Å². The molecule has 0 saturated carbocycles. The first-order valence-corrected chi connectivity index (χ1v) is 8.49. The van der Waals surface area contributed by atoms with E-state index in [0.29, 0.717) is 12.6 Å². The van der Waals surface area contributed by atoms with Crippen molar-refractivity contribution in [3.8, 4) is 0 Å². The third-order valence-electron chi connectivity index (χ3n) is 5.15. The molecule has 2 aromatic carbocycles. The Hall–Kier alpha value is -2.29. The Morgan fingerprint density at radius 2 is 1.87 bits per heavy atom. The molecule has 0 bridgehead atoms. The lowest BCUT2D eigenvalue weighted by Gasteiger charge is -2.38. The first-order valence-electron chi connectivity index (χ1n) is 8.49. The van der Waals surface area contributed by atoms with Crippen LogP contribution in [0.3, 0.4) is 0 Å². The molecule has 1 amide bonds. The Morgan fingerprint density at radius 3 is 2.74 bits per heavy atom. The highest BCUT2D eigenvalue weighted by Crippen LogP contribution is 2.39. The van der Waals surface area contributed by atoms with Crippen LogP contribution in [0.25, 0.3) is 0 Å². The average Bonchev–Trinajstić information content (AvgIpc) is 3.10. The van der Waals surface area contributed by atoms with Crippen LogP contribution in [0.4, 0.5) is 5.69 Å². The van der Waals surface area contributed by atoms with Gasteiger partial charge in [0.2, 0.25) is 5.91 Å². The zero-order valence-electron chi connectivity index (χ0n) is 13.2. The Balaban J connectivity index is 1.51. The standard InChI is InChI=1S/C20H22N2O/c23-20(21-14-15-7-2-1-3-8-15)17-13-16-9-4-5-10-18(16)22-12-6-11-19(17)22/h1-5,7-10,17,19H,6,11-14H2,(H,21,23). The normalized spacial score (nSPS) is 22.3. The molecule has 3 heteroatoms. The zero-order valence-corrected chi connectivity index (χ0v) is 13.2. The number of rotatable bonds is 3. The number of benzene rings is 2. The predicted octanol–water partition coefficient (Wildman–Crippen LogP) is 3.14.